The number of carbonyl (C=O) groups excluding carboxylic acids is 2. The molecule has 1 aliphatic heterocycles. The largest absolute Gasteiger partial charge is 0.481 e. The Morgan fingerprint density at radius 2 is 1.64 bits per heavy atom. The fourth-order valence-corrected chi connectivity index (χ4v) is 4.47. The normalized spacial score (nSPS) is 18.9. The molecule has 1 aliphatic carbocycles. The van der Waals surface area contributed by atoms with Gasteiger partial charge >= 0.3 is 12.1 Å². The van der Waals surface area contributed by atoms with Gasteiger partial charge in [0.1, 0.15) is 12.5 Å². The van der Waals surface area contributed by atoms with Crippen molar-refractivity contribution in [2.45, 2.75) is 31.2 Å². The van der Waals surface area contributed by atoms with Crippen LogP contribution in [0, 0.1) is 5.92 Å². The molecule has 8 nitrogen and oxygen atoms in total. The standard InChI is InChI=1S/C25H28N2O6/c28-23(27-22-15-32-13-21(22)24(29)30)11-5-6-12-26-25(31)33-14-20-18-9-3-1-7-16(18)17-8-2-4-10-19(17)20/h1-4,7-10,20-22H,5-6,11-15H2,(H,26,31)(H,27,28)(H,29,30). The summed E-state index contributed by atoms with van der Waals surface area (Å²) in [4.78, 5) is 35.3. The van der Waals surface area contributed by atoms with Crippen LogP contribution < -0.4 is 10.6 Å². The summed E-state index contributed by atoms with van der Waals surface area (Å²) in [5, 5.41) is 14.6. The van der Waals surface area contributed by atoms with Gasteiger partial charge in [0.2, 0.25) is 5.91 Å². The van der Waals surface area contributed by atoms with E-state index in [1.165, 1.54) is 11.1 Å². The summed E-state index contributed by atoms with van der Waals surface area (Å²) in [7, 11) is 0. The molecule has 2 atom stereocenters. The lowest BCUT2D eigenvalue weighted by Crippen LogP contribution is -2.42. The van der Waals surface area contributed by atoms with E-state index in [0.29, 0.717) is 19.4 Å². The summed E-state index contributed by atoms with van der Waals surface area (Å²) < 4.78 is 10.6. The lowest BCUT2D eigenvalue weighted by molar-refractivity contribution is -0.142. The zero-order valence-corrected chi connectivity index (χ0v) is 18.3. The topological polar surface area (TPSA) is 114 Å². The first-order valence-electron chi connectivity index (χ1n) is 11.2. The molecular formula is C25H28N2O6. The van der Waals surface area contributed by atoms with E-state index in [2.05, 4.69) is 34.9 Å². The highest BCUT2D eigenvalue weighted by Crippen LogP contribution is 2.44. The SMILES string of the molecule is O=C(CCCCNC(=O)OCC1c2ccccc2-c2ccccc21)NC1COCC1C(=O)O. The Kier molecular flexibility index (Phi) is 7.24. The molecule has 2 amide bonds. The Morgan fingerprint density at radius 3 is 2.30 bits per heavy atom. The first-order valence-corrected chi connectivity index (χ1v) is 11.2. The van der Waals surface area contributed by atoms with Gasteiger partial charge in [-0.25, -0.2) is 4.79 Å². The van der Waals surface area contributed by atoms with Crippen molar-refractivity contribution in [2.75, 3.05) is 26.4 Å². The third kappa shape index (κ3) is 5.34. The fourth-order valence-electron chi connectivity index (χ4n) is 4.47. The Labute approximate surface area is 192 Å². The quantitative estimate of drug-likeness (QED) is 0.504. The second-order valence-electron chi connectivity index (χ2n) is 8.37. The number of aliphatic carboxylic acids is 1. The summed E-state index contributed by atoms with van der Waals surface area (Å²) in [6.45, 7) is 0.987. The summed E-state index contributed by atoms with van der Waals surface area (Å²) in [5.74, 6) is -1.87. The number of carboxylic acid groups (broad SMARTS) is 1. The number of benzene rings is 2. The Hall–Kier alpha value is -3.39. The van der Waals surface area contributed by atoms with Crippen LogP contribution in [0.15, 0.2) is 48.5 Å². The predicted octanol–water partition coefficient (Wildman–Crippen LogP) is 2.91. The molecule has 0 bridgehead atoms. The van der Waals surface area contributed by atoms with Gasteiger partial charge in [-0.3, -0.25) is 9.59 Å². The number of alkyl carbamates (subject to hydrolysis) is 1. The third-order valence-electron chi connectivity index (χ3n) is 6.19. The zero-order valence-electron chi connectivity index (χ0n) is 18.3. The minimum absolute atomic E-state index is 0.0149. The van der Waals surface area contributed by atoms with Crippen LogP contribution in [0.1, 0.15) is 36.3 Å². The Balaban J connectivity index is 1.15. The van der Waals surface area contributed by atoms with Crippen molar-refractivity contribution < 1.29 is 29.0 Å². The molecule has 33 heavy (non-hydrogen) atoms. The molecule has 2 unspecified atom stereocenters. The molecule has 2 aromatic rings. The fraction of sp³-hybridized carbons (Fsp3) is 0.400. The molecule has 1 saturated heterocycles. The van der Waals surface area contributed by atoms with Crippen molar-refractivity contribution in [3.05, 3.63) is 59.7 Å². The minimum atomic E-state index is -0.968. The molecule has 8 heteroatoms. The second-order valence-corrected chi connectivity index (χ2v) is 8.37. The zero-order chi connectivity index (χ0) is 23.2. The maximum atomic E-state index is 12.2. The van der Waals surface area contributed by atoms with Gasteiger partial charge in [0.05, 0.1) is 19.3 Å². The van der Waals surface area contributed by atoms with E-state index in [4.69, 9.17) is 14.6 Å². The van der Waals surface area contributed by atoms with Gasteiger partial charge in [-0.2, -0.15) is 0 Å². The van der Waals surface area contributed by atoms with Gasteiger partial charge in [-0.15, -0.1) is 0 Å². The van der Waals surface area contributed by atoms with Gasteiger partial charge in [0.15, 0.2) is 0 Å². The van der Waals surface area contributed by atoms with Crippen LogP contribution in [0.4, 0.5) is 4.79 Å². The van der Waals surface area contributed by atoms with Crippen molar-refractivity contribution in [1.29, 1.82) is 0 Å². The number of rotatable bonds is 9. The van der Waals surface area contributed by atoms with Crippen LogP contribution in [0.3, 0.4) is 0 Å². The molecule has 0 spiro atoms. The third-order valence-corrected chi connectivity index (χ3v) is 6.19. The first kappa shape index (κ1) is 22.8. The Morgan fingerprint density at radius 1 is 0.970 bits per heavy atom. The average molecular weight is 453 g/mol. The lowest BCUT2D eigenvalue weighted by Gasteiger charge is -2.16. The van der Waals surface area contributed by atoms with Crippen molar-refractivity contribution >= 4 is 18.0 Å². The van der Waals surface area contributed by atoms with E-state index in [0.717, 1.165) is 11.1 Å². The van der Waals surface area contributed by atoms with Crippen LogP contribution >= 0.6 is 0 Å². The summed E-state index contributed by atoms with van der Waals surface area (Å²) in [6, 6.07) is 15.8. The summed E-state index contributed by atoms with van der Waals surface area (Å²) in [5.41, 5.74) is 4.68. The maximum Gasteiger partial charge on any atom is 0.407 e. The Bertz CT molecular complexity index is 978. The van der Waals surface area contributed by atoms with Crippen molar-refractivity contribution in [3.8, 4) is 11.1 Å². The van der Waals surface area contributed by atoms with Crippen LogP contribution in [0.5, 0.6) is 0 Å². The van der Waals surface area contributed by atoms with E-state index in [1.54, 1.807) is 0 Å². The summed E-state index contributed by atoms with van der Waals surface area (Å²) >= 11 is 0. The van der Waals surface area contributed by atoms with Gasteiger partial charge in [0, 0.05) is 18.9 Å². The van der Waals surface area contributed by atoms with Crippen molar-refractivity contribution in [1.82, 2.24) is 10.6 Å². The molecule has 3 N–H and O–H groups in total. The van der Waals surface area contributed by atoms with E-state index in [-0.39, 0.29) is 38.1 Å². The van der Waals surface area contributed by atoms with Crippen LogP contribution in [-0.4, -0.2) is 55.5 Å². The highest BCUT2D eigenvalue weighted by molar-refractivity contribution is 5.79. The smallest absolute Gasteiger partial charge is 0.407 e. The van der Waals surface area contributed by atoms with Gasteiger partial charge in [0.25, 0.3) is 0 Å². The van der Waals surface area contributed by atoms with E-state index >= 15 is 0 Å². The van der Waals surface area contributed by atoms with Gasteiger partial charge in [-0.1, -0.05) is 48.5 Å². The molecule has 1 fully saturated rings. The van der Waals surface area contributed by atoms with Crippen molar-refractivity contribution in [3.63, 3.8) is 0 Å². The number of amides is 2. The number of ether oxygens (including phenoxy) is 2. The predicted molar refractivity (Wildman–Crippen MR) is 121 cm³/mol. The molecule has 174 valence electrons. The highest BCUT2D eigenvalue weighted by Gasteiger charge is 2.35. The number of nitrogens with one attached hydrogen (secondary N) is 2. The van der Waals surface area contributed by atoms with E-state index in [1.807, 2.05) is 24.3 Å². The number of hydrogen-bond donors (Lipinski definition) is 3. The monoisotopic (exact) mass is 452 g/mol. The van der Waals surface area contributed by atoms with Crippen LogP contribution in [0.2, 0.25) is 0 Å². The first-order chi connectivity index (χ1) is 16.0. The lowest BCUT2D eigenvalue weighted by atomic mass is 9.98. The molecule has 1 heterocycles. The number of carboxylic acids is 1. The van der Waals surface area contributed by atoms with Crippen LogP contribution in [0.25, 0.3) is 11.1 Å². The molecule has 2 aliphatic rings. The molecule has 0 radical (unpaired) electrons. The number of carbonyl (C=O) groups is 3. The van der Waals surface area contributed by atoms with Crippen LogP contribution in [-0.2, 0) is 19.1 Å². The van der Waals surface area contributed by atoms with E-state index in [9.17, 15) is 14.4 Å². The number of fused-ring (bicyclic) bond motifs is 3. The van der Waals surface area contributed by atoms with Crippen molar-refractivity contribution in [2.24, 2.45) is 5.92 Å². The number of unbranched alkanes of at least 4 members (excludes halogenated alkanes) is 1. The van der Waals surface area contributed by atoms with Gasteiger partial charge in [-0.05, 0) is 35.1 Å². The number of hydrogen-bond acceptors (Lipinski definition) is 5. The maximum absolute atomic E-state index is 12.2. The average Bonchev–Trinajstić information content (AvgIpc) is 3.40. The second kappa shape index (κ2) is 10.5. The summed E-state index contributed by atoms with van der Waals surface area (Å²) in [6.07, 6.45) is 0.964. The molecule has 4 rings (SSSR count). The molecule has 0 saturated carbocycles. The van der Waals surface area contributed by atoms with Gasteiger partial charge < -0.3 is 25.2 Å². The molecule has 2 aromatic carbocycles. The molecular weight excluding hydrogens is 424 g/mol. The minimum Gasteiger partial charge on any atom is -0.481 e. The molecule has 0 aromatic heterocycles. The van der Waals surface area contributed by atoms with E-state index < -0.39 is 24.0 Å². The highest BCUT2D eigenvalue weighted by atomic mass is 16.5.